The van der Waals surface area contributed by atoms with E-state index in [-0.39, 0.29) is 6.04 Å². The van der Waals surface area contributed by atoms with Crippen LogP contribution in [0.5, 0.6) is 0 Å². The molecule has 2 heteroatoms. The third kappa shape index (κ3) is 8.49. The van der Waals surface area contributed by atoms with Crippen LogP contribution in [0.15, 0.2) is 24.3 Å². The Hall–Kier alpha value is -0.130. The highest BCUT2D eigenvalue weighted by Crippen LogP contribution is 2.50. The van der Waals surface area contributed by atoms with Crippen molar-refractivity contribution in [3.05, 3.63) is 24.3 Å². The number of nitrogens with two attached hydrogens (primary N) is 1. The normalized spacial score (nSPS) is 33.2. The van der Waals surface area contributed by atoms with Gasteiger partial charge in [0.25, 0.3) is 0 Å². The highest BCUT2D eigenvalue weighted by Gasteiger charge is 2.41. The lowest BCUT2D eigenvalue weighted by molar-refractivity contribution is 0.0330. The first-order valence-corrected chi connectivity index (χ1v) is 15.9. The second-order valence-corrected chi connectivity index (χ2v) is 14.1. The van der Waals surface area contributed by atoms with Crippen molar-refractivity contribution in [2.45, 2.75) is 124 Å². The van der Waals surface area contributed by atoms with Crippen molar-refractivity contribution in [2.75, 3.05) is 6.66 Å². The van der Waals surface area contributed by atoms with Gasteiger partial charge in [-0.05, 0) is 92.3 Å². The Labute approximate surface area is 210 Å². The summed E-state index contributed by atoms with van der Waals surface area (Å²) < 4.78 is 0. The summed E-state index contributed by atoms with van der Waals surface area (Å²) >= 11 is 0. The first kappa shape index (κ1) is 29.1. The van der Waals surface area contributed by atoms with Gasteiger partial charge in [0.15, 0.2) is 0 Å². The third-order valence-electron chi connectivity index (χ3n) is 10.1. The highest BCUT2D eigenvalue weighted by molar-refractivity contribution is 7.37. The number of hydrogen-bond donors (Lipinski definition) is 1. The standard InChI is InChI=1S/C31H58NP/c1-22(2)26-19-18-24(4)29(20-26)31(6,7)25(5)15-12-10-9-11-14-23(3)28-21-27(32)16-13-17-30(28)33-8/h13,16,23-30,33H,1,9-12,14-15,17-21,32H2,2-8H3. The molecule has 0 spiro atoms. The molecule has 0 aromatic rings. The lowest BCUT2D eigenvalue weighted by Gasteiger charge is -2.47. The van der Waals surface area contributed by atoms with Gasteiger partial charge in [0, 0.05) is 6.04 Å². The molecule has 9 unspecified atom stereocenters. The Morgan fingerprint density at radius 3 is 2.39 bits per heavy atom. The molecular formula is C31H58NP. The molecule has 2 aliphatic rings. The van der Waals surface area contributed by atoms with Crippen molar-refractivity contribution >= 4 is 8.58 Å². The van der Waals surface area contributed by atoms with E-state index in [4.69, 9.17) is 5.73 Å². The Balaban J connectivity index is 1.71. The van der Waals surface area contributed by atoms with Gasteiger partial charge in [-0.15, -0.1) is 8.58 Å². The van der Waals surface area contributed by atoms with E-state index in [1.807, 2.05) is 0 Å². The SMILES string of the molecule is C=C(C)C1CCC(C)C(C(C)(C)C(C)CCCCCCC(C)C2CC(N)C=CCC2PC)C1. The molecule has 1 fully saturated rings. The molecule has 0 aromatic carbocycles. The molecule has 2 N–H and O–H groups in total. The Morgan fingerprint density at radius 1 is 1.09 bits per heavy atom. The Kier molecular flexibility index (Phi) is 12.2. The van der Waals surface area contributed by atoms with E-state index < -0.39 is 0 Å². The first-order chi connectivity index (χ1) is 15.6. The number of allylic oxidation sites excluding steroid dienone is 2. The number of unbranched alkanes of at least 4 members (excludes halogenated alkanes) is 3. The van der Waals surface area contributed by atoms with E-state index in [1.165, 1.54) is 76.2 Å². The molecule has 192 valence electrons. The maximum absolute atomic E-state index is 6.33. The fourth-order valence-electron chi connectivity index (χ4n) is 7.12. The minimum absolute atomic E-state index is 0.279. The molecular weight excluding hydrogens is 417 g/mol. The molecule has 1 nitrogen and oxygen atoms in total. The van der Waals surface area contributed by atoms with Crippen molar-refractivity contribution in [3.8, 4) is 0 Å². The molecule has 0 bridgehead atoms. The summed E-state index contributed by atoms with van der Waals surface area (Å²) in [6.45, 7) is 21.6. The van der Waals surface area contributed by atoms with E-state index in [2.05, 4.69) is 66.9 Å². The first-order valence-electron chi connectivity index (χ1n) is 14.3. The molecule has 2 rings (SSSR count). The number of rotatable bonds is 12. The van der Waals surface area contributed by atoms with Crippen molar-refractivity contribution < 1.29 is 0 Å². The van der Waals surface area contributed by atoms with Crippen LogP contribution in [-0.2, 0) is 0 Å². The summed E-state index contributed by atoms with van der Waals surface area (Å²) in [5.74, 6) is 4.90. The zero-order chi connectivity index (χ0) is 24.6. The molecule has 0 saturated heterocycles. The van der Waals surface area contributed by atoms with Crippen LogP contribution in [0.3, 0.4) is 0 Å². The second kappa shape index (κ2) is 13.8. The van der Waals surface area contributed by atoms with E-state index in [1.54, 1.807) is 0 Å². The smallest absolute Gasteiger partial charge is 0.0226 e. The van der Waals surface area contributed by atoms with Crippen molar-refractivity contribution in [2.24, 2.45) is 46.7 Å². The fraction of sp³-hybridized carbons (Fsp3) is 0.871. The van der Waals surface area contributed by atoms with E-state index in [0.29, 0.717) is 5.41 Å². The molecule has 9 atom stereocenters. The van der Waals surface area contributed by atoms with Crippen LogP contribution in [0.4, 0.5) is 0 Å². The molecule has 0 radical (unpaired) electrons. The molecule has 0 heterocycles. The van der Waals surface area contributed by atoms with Gasteiger partial charge in [-0.2, -0.15) is 0 Å². The zero-order valence-electron chi connectivity index (χ0n) is 23.3. The van der Waals surface area contributed by atoms with E-state index >= 15 is 0 Å². The maximum atomic E-state index is 6.33. The van der Waals surface area contributed by atoms with Crippen molar-refractivity contribution in [1.82, 2.24) is 0 Å². The van der Waals surface area contributed by atoms with Gasteiger partial charge in [-0.25, -0.2) is 0 Å². The maximum Gasteiger partial charge on any atom is 0.0226 e. The average Bonchev–Trinajstić information content (AvgIpc) is 2.96. The summed E-state index contributed by atoms with van der Waals surface area (Å²) in [5, 5.41) is 0. The van der Waals surface area contributed by atoms with E-state index in [9.17, 15) is 0 Å². The minimum atomic E-state index is 0.279. The fourth-order valence-corrected chi connectivity index (χ4v) is 8.39. The lowest BCUT2D eigenvalue weighted by atomic mass is 9.58. The summed E-state index contributed by atoms with van der Waals surface area (Å²) in [4.78, 5) is 0. The number of hydrogen-bond acceptors (Lipinski definition) is 1. The van der Waals surface area contributed by atoms with Crippen LogP contribution in [0.1, 0.15) is 112 Å². The summed E-state index contributed by atoms with van der Waals surface area (Å²) in [6.07, 6.45) is 19.6. The molecule has 0 aromatic heterocycles. The largest absolute Gasteiger partial charge is 0.324 e. The van der Waals surface area contributed by atoms with Gasteiger partial charge in [-0.3, -0.25) is 0 Å². The molecule has 0 aliphatic heterocycles. The van der Waals surface area contributed by atoms with Crippen LogP contribution < -0.4 is 5.73 Å². The zero-order valence-corrected chi connectivity index (χ0v) is 24.3. The van der Waals surface area contributed by atoms with Gasteiger partial charge in [0.05, 0.1) is 0 Å². The topological polar surface area (TPSA) is 26.0 Å². The molecule has 2 aliphatic carbocycles. The van der Waals surface area contributed by atoms with Gasteiger partial charge in [-0.1, -0.05) is 97.4 Å². The monoisotopic (exact) mass is 475 g/mol. The van der Waals surface area contributed by atoms with Gasteiger partial charge < -0.3 is 5.73 Å². The lowest BCUT2D eigenvalue weighted by Crippen LogP contribution is -2.39. The Morgan fingerprint density at radius 2 is 1.76 bits per heavy atom. The summed E-state index contributed by atoms with van der Waals surface area (Å²) in [5.41, 5.74) is 9.04. The summed E-state index contributed by atoms with van der Waals surface area (Å²) in [6, 6.07) is 0.279. The van der Waals surface area contributed by atoms with Gasteiger partial charge in [0.1, 0.15) is 0 Å². The van der Waals surface area contributed by atoms with Crippen LogP contribution in [0.25, 0.3) is 0 Å². The predicted octanol–water partition coefficient (Wildman–Crippen LogP) is 9.22. The molecule has 1 saturated carbocycles. The van der Waals surface area contributed by atoms with Crippen LogP contribution in [-0.4, -0.2) is 18.4 Å². The average molecular weight is 476 g/mol. The third-order valence-corrected chi connectivity index (χ3v) is 11.5. The molecule has 0 amide bonds. The Bertz CT molecular complexity index is 608. The predicted molar refractivity (Wildman–Crippen MR) is 152 cm³/mol. The van der Waals surface area contributed by atoms with Gasteiger partial charge >= 0.3 is 0 Å². The van der Waals surface area contributed by atoms with Gasteiger partial charge in [0.2, 0.25) is 0 Å². The van der Waals surface area contributed by atoms with Crippen LogP contribution >= 0.6 is 8.58 Å². The van der Waals surface area contributed by atoms with E-state index in [0.717, 1.165) is 49.7 Å². The van der Waals surface area contributed by atoms with Crippen LogP contribution in [0.2, 0.25) is 0 Å². The van der Waals surface area contributed by atoms with Crippen LogP contribution in [0, 0.1) is 40.9 Å². The second-order valence-electron chi connectivity index (χ2n) is 12.8. The highest BCUT2D eigenvalue weighted by atomic mass is 31.1. The minimum Gasteiger partial charge on any atom is -0.324 e. The van der Waals surface area contributed by atoms with Crippen molar-refractivity contribution in [3.63, 3.8) is 0 Å². The van der Waals surface area contributed by atoms with Crippen molar-refractivity contribution in [1.29, 1.82) is 0 Å². The molecule has 33 heavy (non-hydrogen) atoms. The quantitative estimate of drug-likeness (QED) is 0.170. The summed E-state index contributed by atoms with van der Waals surface area (Å²) in [7, 11) is 1.05.